The van der Waals surface area contributed by atoms with Gasteiger partial charge in [0, 0.05) is 12.2 Å². The molecule has 0 spiro atoms. The highest BCUT2D eigenvalue weighted by Gasteiger charge is 2.07. The molecule has 1 atom stereocenters. The molecule has 0 aliphatic carbocycles. The highest BCUT2D eigenvalue weighted by atomic mass is 15.3. The molecule has 2 aromatic rings. The second-order valence-corrected chi connectivity index (χ2v) is 3.67. The first-order valence-electron chi connectivity index (χ1n) is 5.37. The molecule has 1 unspecified atom stereocenters. The Kier molecular flexibility index (Phi) is 3.14. The predicted molar refractivity (Wildman–Crippen MR) is 62.5 cm³/mol. The summed E-state index contributed by atoms with van der Waals surface area (Å²) in [5.74, 6) is 0.778. The van der Waals surface area contributed by atoms with Gasteiger partial charge < -0.3 is 5.32 Å². The van der Waals surface area contributed by atoms with E-state index in [4.69, 9.17) is 0 Å². The summed E-state index contributed by atoms with van der Waals surface area (Å²) >= 11 is 0. The van der Waals surface area contributed by atoms with Gasteiger partial charge in [0.25, 0.3) is 0 Å². The largest absolute Gasteiger partial charge is 0.380 e. The van der Waals surface area contributed by atoms with Crippen molar-refractivity contribution in [3.63, 3.8) is 0 Å². The molecule has 0 aliphatic rings. The second kappa shape index (κ2) is 4.74. The van der Waals surface area contributed by atoms with Gasteiger partial charge in [0.2, 0.25) is 0 Å². The van der Waals surface area contributed by atoms with Crippen molar-refractivity contribution >= 4 is 5.69 Å². The van der Waals surface area contributed by atoms with Crippen LogP contribution in [0.1, 0.15) is 20.3 Å². The normalized spacial score (nSPS) is 12.4. The molecule has 84 valence electrons. The number of nitrogens with zero attached hydrogens (tertiary/aromatic N) is 4. The van der Waals surface area contributed by atoms with Crippen LogP contribution in [0.2, 0.25) is 0 Å². The Balaban J connectivity index is 2.31. The van der Waals surface area contributed by atoms with Crippen molar-refractivity contribution in [1.29, 1.82) is 0 Å². The monoisotopic (exact) mass is 217 g/mol. The Morgan fingerprint density at radius 3 is 3.06 bits per heavy atom. The topological polar surface area (TPSA) is 55.6 Å². The van der Waals surface area contributed by atoms with Gasteiger partial charge in [0.05, 0.1) is 5.69 Å². The van der Waals surface area contributed by atoms with Crippen molar-refractivity contribution in [3.8, 4) is 5.82 Å². The Bertz CT molecular complexity index is 437. The maximum absolute atomic E-state index is 4.31. The lowest BCUT2D eigenvalue weighted by atomic mass is 10.2. The fourth-order valence-corrected chi connectivity index (χ4v) is 1.38. The Hall–Kier alpha value is -1.91. The van der Waals surface area contributed by atoms with Crippen LogP contribution in [0.4, 0.5) is 5.69 Å². The highest BCUT2D eigenvalue weighted by Crippen LogP contribution is 2.17. The van der Waals surface area contributed by atoms with Crippen LogP contribution in [0.15, 0.2) is 31.0 Å². The minimum absolute atomic E-state index is 0.409. The van der Waals surface area contributed by atoms with E-state index in [9.17, 15) is 0 Å². The van der Waals surface area contributed by atoms with Gasteiger partial charge in [-0.25, -0.2) is 14.6 Å². The lowest BCUT2D eigenvalue weighted by molar-refractivity contribution is 0.756. The van der Waals surface area contributed by atoms with Crippen LogP contribution in [-0.2, 0) is 0 Å². The molecule has 0 saturated carbocycles. The standard InChI is InChI=1S/C11H15N5/c1-3-9(2)15-10-5-4-6-13-11(10)16-8-12-7-14-16/h4-9,15H,3H2,1-2H3. The van der Waals surface area contributed by atoms with E-state index >= 15 is 0 Å². The number of hydrogen-bond donors (Lipinski definition) is 1. The summed E-state index contributed by atoms with van der Waals surface area (Å²) in [6.45, 7) is 4.28. The average Bonchev–Trinajstić information content (AvgIpc) is 2.83. The summed E-state index contributed by atoms with van der Waals surface area (Å²) in [4.78, 5) is 8.23. The molecule has 0 bridgehead atoms. The number of hydrogen-bond acceptors (Lipinski definition) is 4. The van der Waals surface area contributed by atoms with E-state index in [-0.39, 0.29) is 0 Å². The summed E-state index contributed by atoms with van der Waals surface area (Å²) < 4.78 is 1.66. The molecule has 2 heterocycles. The number of anilines is 1. The molecule has 0 fully saturated rings. The zero-order chi connectivity index (χ0) is 11.4. The smallest absolute Gasteiger partial charge is 0.178 e. The molecular formula is C11H15N5. The Morgan fingerprint density at radius 1 is 1.50 bits per heavy atom. The first-order chi connectivity index (χ1) is 7.81. The molecule has 5 heteroatoms. The summed E-state index contributed by atoms with van der Waals surface area (Å²) in [6, 6.07) is 4.31. The molecule has 16 heavy (non-hydrogen) atoms. The number of nitrogens with one attached hydrogen (secondary N) is 1. The van der Waals surface area contributed by atoms with E-state index in [1.54, 1.807) is 17.2 Å². The summed E-state index contributed by atoms with van der Waals surface area (Å²) in [7, 11) is 0. The molecule has 0 amide bonds. The van der Waals surface area contributed by atoms with Crippen molar-refractivity contribution in [3.05, 3.63) is 31.0 Å². The van der Waals surface area contributed by atoms with Crippen LogP contribution in [0.25, 0.3) is 5.82 Å². The van der Waals surface area contributed by atoms with Crippen molar-refractivity contribution < 1.29 is 0 Å². The quantitative estimate of drug-likeness (QED) is 0.849. The molecule has 5 nitrogen and oxygen atoms in total. The third-order valence-corrected chi connectivity index (χ3v) is 2.44. The molecule has 2 rings (SSSR count). The van der Waals surface area contributed by atoms with Gasteiger partial charge in [-0.1, -0.05) is 6.92 Å². The SMILES string of the molecule is CCC(C)Nc1cccnc1-n1cncn1. The predicted octanol–water partition coefficient (Wildman–Crippen LogP) is 1.87. The van der Waals surface area contributed by atoms with Crippen molar-refractivity contribution in [2.75, 3.05) is 5.32 Å². The van der Waals surface area contributed by atoms with Crippen molar-refractivity contribution in [1.82, 2.24) is 19.7 Å². The summed E-state index contributed by atoms with van der Waals surface area (Å²) in [5.41, 5.74) is 0.974. The maximum Gasteiger partial charge on any atom is 0.178 e. The number of pyridine rings is 1. The molecule has 0 saturated heterocycles. The first-order valence-corrected chi connectivity index (χ1v) is 5.37. The fourth-order valence-electron chi connectivity index (χ4n) is 1.38. The van der Waals surface area contributed by atoms with E-state index in [0.717, 1.165) is 17.9 Å². The lowest BCUT2D eigenvalue weighted by Crippen LogP contribution is -2.16. The van der Waals surface area contributed by atoms with Gasteiger partial charge in [-0.3, -0.25) is 0 Å². The molecule has 0 aromatic carbocycles. The second-order valence-electron chi connectivity index (χ2n) is 3.67. The zero-order valence-electron chi connectivity index (χ0n) is 9.46. The van der Waals surface area contributed by atoms with E-state index < -0.39 is 0 Å². The van der Waals surface area contributed by atoms with Gasteiger partial charge >= 0.3 is 0 Å². The first kappa shape index (κ1) is 10.6. The molecule has 2 aromatic heterocycles. The minimum atomic E-state index is 0.409. The van der Waals surface area contributed by atoms with Crippen LogP contribution in [-0.4, -0.2) is 25.8 Å². The van der Waals surface area contributed by atoms with E-state index in [2.05, 4.69) is 34.2 Å². The van der Waals surface area contributed by atoms with E-state index in [0.29, 0.717) is 6.04 Å². The Morgan fingerprint density at radius 2 is 2.38 bits per heavy atom. The van der Waals surface area contributed by atoms with Crippen LogP contribution >= 0.6 is 0 Å². The lowest BCUT2D eigenvalue weighted by Gasteiger charge is -2.15. The molecule has 0 aliphatic heterocycles. The Labute approximate surface area is 94.5 Å². The fraction of sp³-hybridized carbons (Fsp3) is 0.364. The van der Waals surface area contributed by atoms with E-state index in [1.807, 2.05) is 12.1 Å². The number of rotatable bonds is 4. The molecular weight excluding hydrogens is 202 g/mol. The van der Waals surface area contributed by atoms with Gasteiger partial charge in [0.15, 0.2) is 5.82 Å². The average molecular weight is 217 g/mol. The van der Waals surface area contributed by atoms with Gasteiger partial charge in [0.1, 0.15) is 12.7 Å². The van der Waals surface area contributed by atoms with Gasteiger partial charge in [-0.15, -0.1) is 0 Å². The third-order valence-electron chi connectivity index (χ3n) is 2.44. The number of aromatic nitrogens is 4. The van der Waals surface area contributed by atoms with E-state index in [1.165, 1.54) is 6.33 Å². The third kappa shape index (κ3) is 2.18. The highest BCUT2D eigenvalue weighted by molar-refractivity contribution is 5.56. The van der Waals surface area contributed by atoms with Crippen LogP contribution < -0.4 is 5.32 Å². The minimum Gasteiger partial charge on any atom is -0.380 e. The van der Waals surface area contributed by atoms with Crippen molar-refractivity contribution in [2.45, 2.75) is 26.3 Å². The molecule has 0 radical (unpaired) electrons. The summed E-state index contributed by atoms with van der Waals surface area (Å²) in [6.07, 6.45) is 5.95. The van der Waals surface area contributed by atoms with Crippen LogP contribution in [0.3, 0.4) is 0 Å². The summed E-state index contributed by atoms with van der Waals surface area (Å²) in [5, 5.41) is 7.48. The van der Waals surface area contributed by atoms with Gasteiger partial charge in [-0.2, -0.15) is 5.10 Å². The zero-order valence-corrected chi connectivity index (χ0v) is 9.46. The van der Waals surface area contributed by atoms with Crippen LogP contribution in [0, 0.1) is 0 Å². The van der Waals surface area contributed by atoms with Gasteiger partial charge in [-0.05, 0) is 25.5 Å². The molecule has 1 N–H and O–H groups in total. The van der Waals surface area contributed by atoms with Crippen LogP contribution in [0.5, 0.6) is 0 Å². The van der Waals surface area contributed by atoms with Crippen molar-refractivity contribution in [2.24, 2.45) is 0 Å². The maximum atomic E-state index is 4.31.